The molecule has 3 nitrogen and oxygen atoms in total. The van der Waals surface area contributed by atoms with E-state index in [0.717, 1.165) is 33.4 Å². The van der Waals surface area contributed by atoms with Crippen LogP contribution in [0.4, 0.5) is 0 Å². The van der Waals surface area contributed by atoms with Gasteiger partial charge in [-0.15, -0.1) is 0 Å². The fraction of sp³-hybridized carbons (Fsp3) is 0.143. The molecule has 0 spiro atoms. The van der Waals surface area contributed by atoms with E-state index >= 15 is 0 Å². The van der Waals surface area contributed by atoms with Gasteiger partial charge in [0.05, 0.1) is 0 Å². The minimum atomic E-state index is -4.06. The summed E-state index contributed by atoms with van der Waals surface area (Å²) < 4.78 is 22.3. The van der Waals surface area contributed by atoms with Crippen LogP contribution in [0.2, 0.25) is 0 Å². The van der Waals surface area contributed by atoms with Crippen LogP contribution in [0.25, 0.3) is 0 Å². The van der Waals surface area contributed by atoms with Gasteiger partial charge in [-0.05, 0) is 0 Å². The van der Waals surface area contributed by atoms with Gasteiger partial charge in [-0.2, -0.15) is 0 Å². The van der Waals surface area contributed by atoms with Crippen LogP contribution in [0.1, 0.15) is 54.2 Å². The molecule has 46 heavy (non-hydrogen) atoms. The van der Waals surface area contributed by atoms with Crippen LogP contribution in [-0.2, 0) is 25.2 Å². The van der Waals surface area contributed by atoms with Crippen molar-refractivity contribution >= 4 is 23.1 Å². The quantitative estimate of drug-likeness (QED) is 0.116. The average molecular weight is 801 g/mol. The van der Waals surface area contributed by atoms with Crippen molar-refractivity contribution < 1.29 is 8.44 Å². The van der Waals surface area contributed by atoms with Crippen LogP contribution in [0.15, 0.2) is 182 Å². The van der Waals surface area contributed by atoms with Crippen LogP contribution < -0.4 is 0 Å². The Labute approximate surface area is 283 Å². The fourth-order valence-corrected chi connectivity index (χ4v) is 12.2. The first-order chi connectivity index (χ1) is 22.4. The Morgan fingerprint density at radius 1 is 0.283 bits per heavy atom. The third-order valence-corrected chi connectivity index (χ3v) is 14.7. The van der Waals surface area contributed by atoms with Crippen molar-refractivity contribution in [2.45, 2.75) is 37.6 Å². The predicted octanol–water partition coefficient (Wildman–Crippen LogP) is 9.91. The molecule has 6 aromatic carbocycles. The molecule has 0 N–H and O–H groups in total. The zero-order valence-corrected chi connectivity index (χ0v) is 30.0. The molecule has 0 radical (unpaired) electrons. The number of hydrogen-bond acceptors (Lipinski definition) is 3. The SMILES string of the molecule is CC([O][Bi]([O]C(C)(c1ccccc1)c1ccccc1)[O]C(C)(c1ccccc1)c1ccccc1)(c1ccccc1)c1ccccc1. The van der Waals surface area contributed by atoms with Crippen molar-refractivity contribution in [2.75, 3.05) is 0 Å². The first-order valence-corrected chi connectivity index (χ1v) is 19.9. The molecule has 0 saturated heterocycles. The molecule has 0 saturated carbocycles. The van der Waals surface area contributed by atoms with Crippen molar-refractivity contribution in [3.05, 3.63) is 215 Å². The third-order valence-electron chi connectivity index (χ3n) is 8.72. The van der Waals surface area contributed by atoms with Gasteiger partial charge in [0, 0.05) is 0 Å². The van der Waals surface area contributed by atoms with Crippen molar-refractivity contribution in [3.63, 3.8) is 0 Å². The molecule has 0 aliphatic carbocycles. The molecule has 0 fully saturated rings. The Balaban J connectivity index is 1.53. The molecule has 0 aliphatic rings. The van der Waals surface area contributed by atoms with E-state index in [4.69, 9.17) is 8.44 Å². The predicted molar refractivity (Wildman–Crippen MR) is 187 cm³/mol. The fourth-order valence-electron chi connectivity index (χ4n) is 5.86. The standard InChI is InChI=1S/3C14H13O.Bi/c3*1-14(15,12-8-4-2-5-9-12)13-10-6-3-7-11-13;/h3*2-11H,1H3;/q3*-1;+3. The summed E-state index contributed by atoms with van der Waals surface area (Å²) >= 11 is -4.06. The first-order valence-electron chi connectivity index (χ1n) is 15.6. The van der Waals surface area contributed by atoms with Gasteiger partial charge in [0.15, 0.2) is 0 Å². The molecular formula is C42H39BiO3. The zero-order valence-electron chi connectivity index (χ0n) is 26.5. The molecule has 0 bridgehead atoms. The molecule has 0 aliphatic heterocycles. The second-order valence-corrected chi connectivity index (χ2v) is 15.7. The number of hydrogen-bond donors (Lipinski definition) is 0. The molecule has 0 amide bonds. The average Bonchev–Trinajstić information content (AvgIpc) is 3.13. The summed E-state index contributed by atoms with van der Waals surface area (Å²) in [6.07, 6.45) is 0. The molecule has 4 heteroatoms. The van der Waals surface area contributed by atoms with Gasteiger partial charge in [0.2, 0.25) is 0 Å². The van der Waals surface area contributed by atoms with Gasteiger partial charge in [-0.1, -0.05) is 0 Å². The molecule has 230 valence electrons. The summed E-state index contributed by atoms with van der Waals surface area (Å²) in [4.78, 5) is 0. The summed E-state index contributed by atoms with van der Waals surface area (Å²) in [6, 6.07) is 62.3. The van der Waals surface area contributed by atoms with E-state index in [0.29, 0.717) is 0 Å². The van der Waals surface area contributed by atoms with E-state index < -0.39 is 39.9 Å². The molecule has 0 atom stereocenters. The Kier molecular flexibility index (Phi) is 9.92. The number of benzene rings is 6. The van der Waals surface area contributed by atoms with E-state index in [2.05, 4.69) is 166 Å². The van der Waals surface area contributed by atoms with E-state index in [1.54, 1.807) is 0 Å². The third kappa shape index (κ3) is 6.77. The molecule has 6 aromatic rings. The van der Waals surface area contributed by atoms with E-state index in [9.17, 15) is 0 Å². The maximum absolute atomic E-state index is 7.45. The number of rotatable bonds is 12. The van der Waals surface area contributed by atoms with Crippen molar-refractivity contribution in [1.82, 2.24) is 0 Å². The van der Waals surface area contributed by atoms with Crippen molar-refractivity contribution in [3.8, 4) is 0 Å². The van der Waals surface area contributed by atoms with Crippen molar-refractivity contribution in [1.29, 1.82) is 0 Å². The Morgan fingerprint density at radius 3 is 0.587 bits per heavy atom. The summed E-state index contributed by atoms with van der Waals surface area (Å²) in [5, 5.41) is 0. The van der Waals surface area contributed by atoms with Gasteiger partial charge < -0.3 is 0 Å². The minimum absolute atomic E-state index is 0.830. The van der Waals surface area contributed by atoms with E-state index in [1.165, 1.54) is 0 Å². The summed E-state index contributed by atoms with van der Waals surface area (Å²) in [6.45, 7) is 6.41. The molecule has 0 heterocycles. The zero-order chi connectivity index (χ0) is 31.9. The second-order valence-electron chi connectivity index (χ2n) is 11.8. The maximum atomic E-state index is 7.45. The van der Waals surface area contributed by atoms with Gasteiger partial charge in [-0.25, -0.2) is 0 Å². The monoisotopic (exact) mass is 800 g/mol. The van der Waals surface area contributed by atoms with Gasteiger partial charge in [0.25, 0.3) is 0 Å². The second kappa shape index (κ2) is 14.2. The van der Waals surface area contributed by atoms with Crippen molar-refractivity contribution in [2.24, 2.45) is 0 Å². The van der Waals surface area contributed by atoms with Gasteiger partial charge >= 0.3 is 284 Å². The van der Waals surface area contributed by atoms with Crippen LogP contribution in [0, 0.1) is 0 Å². The Morgan fingerprint density at radius 2 is 0.435 bits per heavy atom. The summed E-state index contributed by atoms with van der Waals surface area (Å²) in [5.41, 5.74) is 3.73. The van der Waals surface area contributed by atoms with Gasteiger partial charge in [-0.3, -0.25) is 0 Å². The van der Waals surface area contributed by atoms with Crippen LogP contribution in [-0.4, -0.2) is 23.1 Å². The topological polar surface area (TPSA) is 27.7 Å². The van der Waals surface area contributed by atoms with Crippen LogP contribution >= 0.6 is 0 Å². The molecule has 6 rings (SSSR count). The van der Waals surface area contributed by atoms with Crippen LogP contribution in [0.5, 0.6) is 0 Å². The Hall–Kier alpha value is -3.92. The van der Waals surface area contributed by atoms with Gasteiger partial charge in [0.1, 0.15) is 0 Å². The summed E-state index contributed by atoms with van der Waals surface area (Å²) in [7, 11) is 0. The molecule has 0 unspecified atom stereocenters. The molecule has 0 aromatic heterocycles. The molecular weight excluding hydrogens is 761 g/mol. The Bertz CT molecular complexity index is 1450. The van der Waals surface area contributed by atoms with Crippen LogP contribution in [0.3, 0.4) is 0 Å². The normalized spacial score (nSPS) is 12.3. The first kappa shape index (κ1) is 32.0. The van der Waals surface area contributed by atoms with E-state index in [1.807, 2.05) is 36.4 Å². The van der Waals surface area contributed by atoms with E-state index in [-0.39, 0.29) is 0 Å². The summed E-state index contributed by atoms with van der Waals surface area (Å²) in [5.74, 6) is 0.